The molecule has 1 unspecified atom stereocenters. The number of aromatic amines is 1. The maximum atomic E-state index is 14.4. The lowest BCUT2D eigenvalue weighted by Crippen LogP contribution is -2.39. The number of ether oxygens (including phenoxy) is 2. The number of benzene rings is 1. The average Bonchev–Trinajstić information content (AvgIpc) is 2.91. The molecule has 1 N–H and O–H groups in total. The molecular formula is C18H22FNO3. The van der Waals surface area contributed by atoms with Crippen molar-refractivity contribution in [1.29, 1.82) is 0 Å². The number of carbonyl (C=O) groups is 1. The van der Waals surface area contributed by atoms with E-state index in [1.165, 1.54) is 13.0 Å². The molecule has 3 rings (SSSR count). The zero-order valence-electron chi connectivity index (χ0n) is 13.8. The normalized spacial score (nSPS) is 20.5. The maximum absolute atomic E-state index is 14.4. The van der Waals surface area contributed by atoms with Crippen LogP contribution in [0.15, 0.2) is 12.1 Å². The van der Waals surface area contributed by atoms with Crippen LogP contribution in [0, 0.1) is 12.7 Å². The summed E-state index contributed by atoms with van der Waals surface area (Å²) in [6, 6.07) is 3.24. The Morgan fingerprint density at radius 3 is 2.96 bits per heavy atom. The summed E-state index contributed by atoms with van der Waals surface area (Å²) in [6.45, 7) is 5.79. The van der Waals surface area contributed by atoms with Crippen LogP contribution in [0.2, 0.25) is 0 Å². The number of nitrogens with one attached hydrogen (secondary N) is 1. The summed E-state index contributed by atoms with van der Waals surface area (Å²) >= 11 is 0. The highest BCUT2D eigenvalue weighted by Crippen LogP contribution is 2.42. The molecule has 1 aliphatic heterocycles. The van der Waals surface area contributed by atoms with Gasteiger partial charge >= 0.3 is 5.97 Å². The second-order valence-electron chi connectivity index (χ2n) is 6.14. The maximum Gasteiger partial charge on any atom is 0.305 e. The molecule has 0 spiro atoms. The Kier molecular flexibility index (Phi) is 4.15. The molecule has 23 heavy (non-hydrogen) atoms. The Morgan fingerprint density at radius 1 is 1.48 bits per heavy atom. The number of fused-ring (bicyclic) bond motifs is 3. The van der Waals surface area contributed by atoms with Gasteiger partial charge in [-0.3, -0.25) is 4.79 Å². The van der Waals surface area contributed by atoms with Crippen molar-refractivity contribution in [3.8, 4) is 0 Å². The van der Waals surface area contributed by atoms with Crippen molar-refractivity contribution in [2.45, 2.75) is 52.2 Å². The number of halogens is 1. The Morgan fingerprint density at radius 2 is 2.26 bits per heavy atom. The zero-order chi connectivity index (χ0) is 16.6. The van der Waals surface area contributed by atoms with Gasteiger partial charge in [0, 0.05) is 18.7 Å². The smallest absolute Gasteiger partial charge is 0.305 e. The van der Waals surface area contributed by atoms with Crippen LogP contribution in [0.3, 0.4) is 0 Å². The molecule has 0 aliphatic carbocycles. The fraction of sp³-hybridized carbons (Fsp3) is 0.500. The van der Waals surface area contributed by atoms with Gasteiger partial charge in [0.15, 0.2) is 0 Å². The second kappa shape index (κ2) is 5.96. The van der Waals surface area contributed by atoms with Gasteiger partial charge in [-0.2, -0.15) is 0 Å². The minimum Gasteiger partial charge on any atom is -0.427 e. The molecular weight excluding hydrogens is 297 g/mol. The summed E-state index contributed by atoms with van der Waals surface area (Å²) in [5, 5.41) is 0.594. The standard InChI is InChI=1S/C18H22FNO3/c1-4-5-9-18(23-12(3)21)17-13(8-10-22-18)15-14(19)7-6-11(2)16(15)20-17/h6-7,20H,4-5,8-10H2,1-3H3. The topological polar surface area (TPSA) is 51.3 Å². The molecule has 2 aromatic rings. The molecule has 0 radical (unpaired) electrons. The van der Waals surface area contributed by atoms with Crippen molar-refractivity contribution in [1.82, 2.24) is 4.98 Å². The summed E-state index contributed by atoms with van der Waals surface area (Å²) < 4.78 is 25.9. The lowest BCUT2D eigenvalue weighted by Gasteiger charge is -2.36. The zero-order valence-corrected chi connectivity index (χ0v) is 13.8. The van der Waals surface area contributed by atoms with E-state index < -0.39 is 11.8 Å². The van der Waals surface area contributed by atoms with Gasteiger partial charge in [0.25, 0.3) is 5.79 Å². The van der Waals surface area contributed by atoms with Crippen LogP contribution < -0.4 is 0 Å². The number of unbranched alkanes of at least 4 members (excludes halogenated alkanes) is 1. The van der Waals surface area contributed by atoms with E-state index in [0.717, 1.165) is 29.5 Å². The van der Waals surface area contributed by atoms with Crippen molar-refractivity contribution < 1.29 is 18.7 Å². The first-order valence-electron chi connectivity index (χ1n) is 8.12. The molecule has 1 atom stereocenters. The van der Waals surface area contributed by atoms with Gasteiger partial charge < -0.3 is 14.5 Å². The Hall–Kier alpha value is -1.88. The van der Waals surface area contributed by atoms with Crippen LogP contribution in [-0.4, -0.2) is 17.6 Å². The van der Waals surface area contributed by atoms with Crippen LogP contribution in [0.1, 0.15) is 49.9 Å². The fourth-order valence-electron chi connectivity index (χ4n) is 3.40. The summed E-state index contributed by atoms with van der Waals surface area (Å²) in [7, 11) is 0. The number of H-pyrrole nitrogens is 1. The van der Waals surface area contributed by atoms with Gasteiger partial charge in [-0.1, -0.05) is 19.4 Å². The highest BCUT2D eigenvalue weighted by atomic mass is 19.1. The molecule has 1 aliphatic rings. The van der Waals surface area contributed by atoms with Crippen LogP contribution in [0.25, 0.3) is 10.9 Å². The van der Waals surface area contributed by atoms with Crippen molar-refractivity contribution in [2.24, 2.45) is 0 Å². The summed E-state index contributed by atoms with van der Waals surface area (Å²) in [6.07, 6.45) is 2.97. The molecule has 4 nitrogen and oxygen atoms in total. The van der Waals surface area contributed by atoms with Gasteiger partial charge in [0.1, 0.15) is 5.82 Å². The summed E-state index contributed by atoms with van der Waals surface area (Å²) in [4.78, 5) is 14.9. The Labute approximate surface area is 135 Å². The largest absolute Gasteiger partial charge is 0.427 e. The monoisotopic (exact) mass is 319 g/mol. The third-order valence-electron chi connectivity index (χ3n) is 4.45. The first kappa shape index (κ1) is 16.0. The number of aryl methyl sites for hydroxylation is 1. The molecule has 0 amide bonds. The molecule has 0 fully saturated rings. The highest BCUT2D eigenvalue weighted by molar-refractivity contribution is 5.88. The van der Waals surface area contributed by atoms with Crippen LogP contribution in [0.5, 0.6) is 0 Å². The minimum absolute atomic E-state index is 0.253. The van der Waals surface area contributed by atoms with E-state index in [1.807, 2.05) is 6.92 Å². The third kappa shape index (κ3) is 2.63. The van der Waals surface area contributed by atoms with Gasteiger partial charge in [0.05, 0.1) is 17.8 Å². The fourth-order valence-corrected chi connectivity index (χ4v) is 3.40. The Balaban J connectivity index is 2.22. The number of hydrogen-bond donors (Lipinski definition) is 1. The van der Waals surface area contributed by atoms with Crippen LogP contribution in [0.4, 0.5) is 4.39 Å². The summed E-state index contributed by atoms with van der Waals surface area (Å²) in [5.74, 6) is -1.78. The number of rotatable bonds is 4. The predicted octanol–water partition coefficient (Wildman–Crippen LogP) is 4.09. The number of carbonyl (C=O) groups excluding carboxylic acids is 1. The van der Waals surface area contributed by atoms with E-state index in [-0.39, 0.29) is 5.82 Å². The van der Waals surface area contributed by atoms with E-state index in [4.69, 9.17) is 9.47 Å². The first-order valence-corrected chi connectivity index (χ1v) is 8.12. The van der Waals surface area contributed by atoms with Gasteiger partial charge in [0.2, 0.25) is 0 Å². The molecule has 1 aromatic heterocycles. The minimum atomic E-state index is -1.13. The number of esters is 1. The second-order valence-corrected chi connectivity index (χ2v) is 6.14. The first-order chi connectivity index (χ1) is 11.0. The molecule has 124 valence electrons. The van der Waals surface area contributed by atoms with E-state index in [1.54, 1.807) is 6.07 Å². The van der Waals surface area contributed by atoms with Crippen LogP contribution >= 0.6 is 0 Å². The van der Waals surface area contributed by atoms with Crippen molar-refractivity contribution in [3.05, 3.63) is 34.8 Å². The van der Waals surface area contributed by atoms with E-state index in [0.29, 0.717) is 30.5 Å². The molecule has 0 saturated heterocycles. The molecule has 0 bridgehead atoms. The van der Waals surface area contributed by atoms with Crippen molar-refractivity contribution in [3.63, 3.8) is 0 Å². The molecule has 5 heteroatoms. The van der Waals surface area contributed by atoms with Crippen molar-refractivity contribution in [2.75, 3.05) is 6.61 Å². The van der Waals surface area contributed by atoms with Gasteiger partial charge in [-0.15, -0.1) is 0 Å². The molecule has 1 aromatic carbocycles. The summed E-state index contributed by atoms with van der Waals surface area (Å²) in [5.41, 5.74) is 3.27. The SMILES string of the molecule is CCCCC1(OC(C)=O)OCCc2c1[nH]c1c(C)ccc(F)c21. The quantitative estimate of drug-likeness (QED) is 0.863. The number of aromatic nitrogens is 1. The van der Waals surface area contributed by atoms with E-state index >= 15 is 0 Å². The van der Waals surface area contributed by atoms with E-state index in [9.17, 15) is 9.18 Å². The average molecular weight is 319 g/mol. The van der Waals surface area contributed by atoms with E-state index in [2.05, 4.69) is 11.9 Å². The van der Waals surface area contributed by atoms with Gasteiger partial charge in [-0.05, 0) is 37.0 Å². The highest BCUT2D eigenvalue weighted by Gasteiger charge is 2.43. The predicted molar refractivity (Wildman–Crippen MR) is 85.6 cm³/mol. The number of hydrogen-bond acceptors (Lipinski definition) is 3. The van der Waals surface area contributed by atoms with Crippen molar-refractivity contribution >= 4 is 16.9 Å². The third-order valence-corrected chi connectivity index (χ3v) is 4.45. The van der Waals surface area contributed by atoms with Crippen LogP contribution in [-0.2, 0) is 26.5 Å². The van der Waals surface area contributed by atoms with Gasteiger partial charge in [-0.25, -0.2) is 4.39 Å². The lowest BCUT2D eigenvalue weighted by molar-refractivity contribution is -0.248. The molecule has 2 heterocycles. The molecule has 0 saturated carbocycles. The lowest BCUT2D eigenvalue weighted by atomic mass is 9.95. The Bertz CT molecular complexity index is 752.